The quantitative estimate of drug-likeness (QED) is 0.715. The molecule has 3 rings (SSSR count). The molecule has 0 saturated heterocycles. The Morgan fingerprint density at radius 1 is 0.818 bits per heavy atom. The van der Waals surface area contributed by atoms with Gasteiger partial charge in [-0.25, -0.2) is 4.39 Å². The van der Waals surface area contributed by atoms with E-state index >= 15 is 0 Å². The molecule has 1 aromatic heterocycles. The van der Waals surface area contributed by atoms with Gasteiger partial charge in [0.25, 0.3) is 5.56 Å². The van der Waals surface area contributed by atoms with Gasteiger partial charge < -0.3 is 4.57 Å². The second-order valence-electron chi connectivity index (χ2n) is 5.19. The highest BCUT2D eigenvalue weighted by Gasteiger charge is 2.02. The van der Waals surface area contributed by atoms with E-state index in [9.17, 15) is 9.18 Å². The van der Waals surface area contributed by atoms with Crippen molar-refractivity contribution < 1.29 is 4.39 Å². The normalized spacial score (nSPS) is 10.6. The van der Waals surface area contributed by atoms with Crippen molar-refractivity contribution in [3.63, 3.8) is 0 Å². The molecule has 0 radical (unpaired) electrons. The molecule has 0 unspecified atom stereocenters. The van der Waals surface area contributed by atoms with E-state index in [1.807, 2.05) is 24.4 Å². The van der Waals surface area contributed by atoms with Gasteiger partial charge in [0.1, 0.15) is 5.82 Å². The maximum Gasteiger partial charge on any atom is 0.250 e. The lowest BCUT2D eigenvalue weighted by molar-refractivity contribution is 0.628. The highest BCUT2D eigenvalue weighted by atomic mass is 19.1. The molecule has 0 aliphatic carbocycles. The summed E-state index contributed by atoms with van der Waals surface area (Å²) in [4.78, 5) is 12.0. The largest absolute Gasteiger partial charge is 0.315 e. The molecule has 0 amide bonds. The lowest BCUT2D eigenvalue weighted by Gasteiger charge is -2.09. The van der Waals surface area contributed by atoms with Crippen molar-refractivity contribution in [3.05, 3.63) is 94.7 Å². The van der Waals surface area contributed by atoms with E-state index < -0.39 is 0 Å². The van der Waals surface area contributed by atoms with Crippen molar-refractivity contribution in [2.75, 3.05) is 0 Å². The van der Waals surface area contributed by atoms with Gasteiger partial charge in [-0.15, -0.1) is 0 Å². The summed E-state index contributed by atoms with van der Waals surface area (Å²) in [6.07, 6.45) is 2.63. The third kappa shape index (κ3) is 3.31. The first-order valence-corrected chi connectivity index (χ1v) is 7.23. The average Bonchev–Trinajstić information content (AvgIpc) is 2.56. The van der Waals surface area contributed by atoms with Gasteiger partial charge in [-0.3, -0.25) is 4.79 Å². The molecule has 0 aliphatic rings. The van der Waals surface area contributed by atoms with Gasteiger partial charge in [0.15, 0.2) is 0 Å². The molecule has 0 N–H and O–H groups in total. The summed E-state index contributed by atoms with van der Waals surface area (Å²) in [7, 11) is 0. The third-order valence-corrected chi connectivity index (χ3v) is 3.65. The highest BCUT2D eigenvalue weighted by Crippen LogP contribution is 2.18. The van der Waals surface area contributed by atoms with Crippen molar-refractivity contribution in [1.29, 1.82) is 0 Å². The zero-order valence-electron chi connectivity index (χ0n) is 12.1. The Labute approximate surface area is 128 Å². The molecule has 1 heterocycles. The number of pyridine rings is 1. The summed E-state index contributed by atoms with van der Waals surface area (Å²) in [5.41, 5.74) is 2.98. The average molecular weight is 293 g/mol. The number of aryl methyl sites for hydroxylation is 2. The van der Waals surface area contributed by atoms with Crippen LogP contribution in [0.5, 0.6) is 0 Å². The minimum Gasteiger partial charge on any atom is -0.315 e. The first-order chi connectivity index (χ1) is 10.7. The summed E-state index contributed by atoms with van der Waals surface area (Å²) < 4.78 is 14.7. The van der Waals surface area contributed by atoms with Crippen molar-refractivity contribution in [3.8, 4) is 11.1 Å². The van der Waals surface area contributed by atoms with Gasteiger partial charge in [-0.2, -0.15) is 0 Å². The van der Waals surface area contributed by atoms with Crippen LogP contribution in [0, 0.1) is 5.82 Å². The Morgan fingerprint density at radius 3 is 2.23 bits per heavy atom. The van der Waals surface area contributed by atoms with Crippen LogP contribution in [-0.4, -0.2) is 4.57 Å². The van der Waals surface area contributed by atoms with E-state index in [-0.39, 0.29) is 11.4 Å². The number of hydrogen-bond donors (Lipinski definition) is 0. The molecule has 2 nitrogen and oxygen atoms in total. The highest BCUT2D eigenvalue weighted by molar-refractivity contribution is 5.62. The number of halogens is 1. The minimum atomic E-state index is -0.263. The fourth-order valence-corrected chi connectivity index (χ4v) is 2.41. The van der Waals surface area contributed by atoms with Crippen molar-refractivity contribution in [2.45, 2.75) is 13.0 Å². The SMILES string of the molecule is O=c1ccc(-c2ccc(F)cc2)cn1CCc1ccccc1. The standard InChI is InChI=1S/C19H16FNO/c20-18-9-6-16(7-10-18)17-8-11-19(22)21(14-17)13-12-15-4-2-1-3-5-15/h1-11,14H,12-13H2. The summed E-state index contributed by atoms with van der Waals surface area (Å²) in [6, 6.07) is 19.7. The summed E-state index contributed by atoms with van der Waals surface area (Å²) in [6.45, 7) is 0.623. The molecule has 0 fully saturated rings. The van der Waals surface area contributed by atoms with Crippen LogP contribution < -0.4 is 5.56 Å². The van der Waals surface area contributed by atoms with Crippen LogP contribution in [0.15, 0.2) is 77.7 Å². The van der Waals surface area contributed by atoms with Crippen LogP contribution >= 0.6 is 0 Å². The molecule has 2 aromatic carbocycles. The zero-order chi connectivity index (χ0) is 15.4. The fraction of sp³-hybridized carbons (Fsp3) is 0.105. The minimum absolute atomic E-state index is 0.0261. The Bertz CT molecular complexity index is 807. The summed E-state index contributed by atoms with van der Waals surface area (Å²) in [5.74, 6) is -0.263. The number of rotatable bonds is 4. The third-order valence-electron chi connectivity index (χ3n) is 3.65. The predicted molar refractivity (Wildman–Crippen MR) is 86.2 cm³/mol. The van der Waals surface area contributed by atoms with Crippen molar-refractivity contribution in [2.24, 2.45) is 0 Å². The van der Waals surface area contributed by atoms with Gasteiger partial charge in [0.05, 0.1) is 0 Å². The van der Waals surface area contributed by atoms with Gasteiger partial charge >= 0.3 is 0 Å². The molecule has 0 spiro atoms. The second kappa shape index (κ2) is 6.39. The maximum absolute atomic E-state index is 13.0. The lowest BCUT2D eigenvalue weighted by atomic mass is 10.1. The smallest absolute Gasteiger partial charge is 0.250 e. The van der Waals surface area contributed by atoms with E-state index in [1.165, 1.54) is 17.7 Å². The van der Waals surface area contributed by atoms with Crippen LogP contribution in [-0.2, 0) is 13.0 Å². The molecular formula is C19H16FNO. The Hall–Kier alpha value is -2.68. The molecule has 0 saturated carbocycles. The van der Waals surface area contributed by atoms with Crippen LogP contribution in [0.4, 0.5) is 4.39 Å². The molecule has 3 heteroatoms. The van der Waals surface area contributed by atoms with Crippen molar-refractivity contribution >= 4 is 0 Å². The molecule has 0 atom stereocenters. The van der Waals surface area contributed by atoms with E-state index in [0.29, 0.717) is 6.54 Å². The van der Waals surface area contributed by atoms with E-state index in [0.717, 1.165) is 17.5 Å². The molecule has 110 valence electrons. The summed E-state index contributed by atoms with van der Waals surface area (Å²) >= 11 is 0. The van der Waals surface area contributed by atoms with Gasteiger partial charge in [-0.1, -0.05) is 42.5 Å². The van der Waals surface area contributed by atoms with Gasteiger partial charge in [-0.05, 0) is 41.3 Å². The lowest BCUT2D eigenvalue weighted by Crippen LogP contribution is -2.19. The monoisotopic (exact) mass is 293 g/mol. The van der Waals surface area contributed by atoms with Crippen LogP contribution in [0.2, 0.25) is 0 Å². The Kier molecular flexibility index (Phi) is 4.15. The first-order valence-electron chi connectivity index (χ1n) is 7.23. The van der Waals surface area contributed by atoms with E-state index in [1.54, 1.807) is 28.8 Å². The van der Waals surface area contributed by atoms with E-state index in [2.05, 4.69) is 12.1 Å². The molecular weight excluding hydrogens is 277 g/mol. The molecule has 3 aromatic rings. The molecule has 0 aliphatic heterocycles. The number of hydrogen-bond acceptors (Lipinski definition) is 1. The van der Waals surface area contributed by atoms with Crippen LogP contribution in [0.1, 0.15) is 5.56 Å². The van der Waals surface area contributed by atoms with Crippen LogP contribution in [0.25, 0.3) is 11.1 Å². The second-order valence-corrected chi connectivity index (χ2v) is 5.19. The zero-order valence-corrected chi connectivity index (χ0v) is 12.1. The maximum atomic E-state index is 13.0. The molecule has 22 heavy (non-hydrogen) atoms. The van der Waals surface area contributed by atoms with Gasteiger partial charge in [0.2, 0.25) is 0 Å². The number of benzene rings is 2. The van der Waals surface area contributed by atoms with E-state index in [4.69, 9.17) is 0 Å². The van der Waals surface area contributed by atoms with Crippen LogP contribution in [0.3, 0.4) is 0 Å². The first kappa shape index (κ1) is 14.3. The molecule has 0 bridgehead atoms. The van der Waals surface area contributed by atoms with Crippen molar-refractivity contribution in [1.82, 2.24) is 4.57 Å². The van der Waals surface area contributed by atoms with Gasteiger partial charge in [0, 0.05) is 18.8 Å². The number of nitrogens with zero attached hydrogens (tertiary/aromatic N) is 1. The predicted octanol–water partition coefficient (Wildman–Crippen LogP) is 3.90. The Morgan fingerprint density at radius 2 is 1.50 bits per heavy atom. The topological polar surface area (TPSA) is 22.0 Å². The summed E-state index contributed by atoms with van der Waals surface area (Å²) in [5, 5.41) is 0. The fourth-order valence-electron chi connectivity index (χ4n) is 2.41. The number of aromatic nitrogens is 1. The Balaban J connectivity index is 1.84.